The van der Waals surface area contributed by atoms with E-state index in [1.807, 2.05) is 6.07 Å². The first-order chi connectivity index (χ1) is 10.1. The van der Waals surface area contributed by atoms with Crippen molar-refractivity contribution < 1.29 is 18.4 Å². The number of nitro groups is 1. The van der Waals surface area contributed by atoms with Crippen LogP contribution in [-0.2, 0) is 0 Å². The standard InChI is InChI=1S/C14H12F2N2O3/c15-10-8-12(16)14(18(19)20)13(9-10)17-6-7-21-11-4-2-1-3-5-11/h1-5,8-9,17H,6-7H2. The topological polar surface area (TPSA) is 64.4 Å². The zero-order chi connectivity index (χ0) is 15.2. The van der Waals surface area contributed by atoms with Gasteiger partial charge in [-0.15, -0.1) is 0 Å². The van der Waals surface area contributed by atoms with Gasteiger partial charge in [-0.1, -0.05) is 18.2 Å². The van der Waals surface area contributed by atoms with E-state index in [2.05, 4.69) is 5.32 Å². The fourth-order valence-corrected chi connectivity index (χ4v) is 1.76. The van der Waals surface area contributed by atoms with Crippen molar-refractivity contribution in [3.05, 3.63) is 64.2 Å². The summed E-state index contributed by atoms with van der Waals surface area (Å²) in [5.41, 5.74) is -0.995. The van der Waals surface area contributed by atoms with E-state index in [-0.39, 0.29) is 18.8 Å². The van der Waals surface area contributed by atoms with Crippen LogP contribution in [0.15, 0.2) is 42.5 Å². The maximum Gasteiger partial charge on any atom is 0.327 e. The Morgan fingerprint density at radius 1 is 1.19 bits per heavy atom. The van der Waals surface area contributed by atoms with E-state index < -0.39 is 22.2 Å². The molecule has 0 heterocycles. The zero-order valence-electron chi connectivity index (χ0n) is 10.9. The number of rotatable bonds is 6. The molecule has 2 rings (SSSR count). The molecule has 2 aromatic carbocycles. The van der Waals surface area contributed by atoms with Crippen LogP contribution in [-0.4, -0.2) is 18.1 Å². The second kappa shape index (κ2) is 6.65. The molecule has 110 valence electrons. The van der Waals surface area contributed by atoms with E-state index in [0.29, 0.717) is 11.8 Å². The van der Waals surface area contributed by atoms with Crippen molar-refractivity contribution in [3.8, 4) is 5.75 Å². The molecular weight excluding hydrogens is 282 g/mol. The van der Waals surface area contributed by atoms with Gasteiger partial charge >= 0.3 is 5.69 Å². The lowest BCUT2D eigenvalue weighted by Crippen LogP contribution is -2.13. The van der Waals surface area contributed by atoms with Gasteiger partial charge < -0.3 is 10.1 Å². The second-order valence-corrected chi connectivity index (χ2v) is 4.13. The molecule has 7 heteroatoms. The van der Waals surface area contributed by atoms with Gasteiger partial charge in [0.25, 0.3) is 0 Å². The van der Waals surface area contributed by atoms with Crippen LogP contribution in [0.4, 0.5) is 20.2 Å². The molecule has 2 aromatic rings. The average Bonchev–Trinajstić information content (AvgIpc) is 2.43. The zero-order valence-corrected chi connectivity index (χ0v) is 10.9. The van der Waals surface area contributed by atoms with Gasteiger partial charge in [0.15, 0.2) is 0 Å². The first-order valence-electron chi connectivity index (χ1n) is 6.13. The molecule has 0 saturated heterocycles. The van der Waals surface area contributed by atoms with Crippen molar-refractivity contribution >= 4 is 11.4 Å². The van der Waals surface area contributed by atoms with Gasteiger partial charge in [-0.05, 0) is 12.1 Å². The Morgan fingerprint density at radius 3 is 2.57 bits per heavy atom. The van der Waals surface area contributed by atoms with E-state index in [4.69, 9.17) is 4.74 Å². The lowest BCUT2D eigenvalue weighted by atomic mass is 10.2. The number of nitrogens with one attached hydrogen (secondary N) is 1. The smallest absolute Gasteiger partial charge is 0.327 e. The minimum Gasteiger partial charge on any atom is -0.492 e. The molecule has 0 unspecified atom stereocenters. The number of nitrogens with zero attached hydrogens (tertiary/aromatic N) is 1. The van der Waals surface area contributed by atoms with Crippen LogP contribution < -0.4 is 10.1 Å². The van der Waals surface area contributed by atoms with E-state index in [1.54, 1.807) is 24.3 Å². The molecule has 0 bridgehead atoms. The number of ether oxygens (including phenoxy) is 1. The van der Waals surface area contributed by atoms with Gasteiger partial charge in [0.1, 0.15) is 23.9 Å². The first kappa shape index (κ1) is 14.7. The molecule has 0 aliphatic heterocycles. The Balaban J connectivity index is 1.98. The lowest BCUT2D eigenvalue weighted by molar-refractivity contribution is -0.386. The predicted octanol–water partition coefficient (Wildman–Crippen LogP) is 3.36. The fraction of sp³-hybridized carbons (Fsp3) is 0.143. The van der Waals surface area contributed by atoms with E-state index in [1.165, 1.54) is 0 Å². The maximum absolute atomic E-state index is 13.4. The number of hydrogen-bond acceptors (Lipinski definition) is 4. The van der Waals surface area contributed by atoms with Gasteiger partial charge in [0, 0.05) is 18.7 Å². The number of anilines is 1. The molecule has 0 fully saturated rings. The Labute approximate surface area is 119 Å². The summed E-state index contributed by atoms with van der Waals surface area (Å²) in [6.07, 6.45) is 0. The largest absolute Gasteiger partial charge is 0.492 e. The maximum atomic E-state index is 13.4. The third kappa shape index (κ3) is 3.88. The van der Waals surface area contributed by atoms with Gasteiger partial charge in [0.05, 0.1) is 4.92 Å². The monoisotopic (exact) mass is 294 g/mol. The minimum absolute atomic E-state index is 0.165. The highest BCUT2D eigenvalue weighted by Gasteiger charge is 2.21. The highest BCUT2D eigenvalue weighted by molar-refractivity contribution is 5.62. The van der Waals surface area contributed by atoms with Crippen LogP contribution in [0.5, 0.6) is 5.75 Å². The van der Waals surface area contributed by atoms with Gasteiger partial charge in [-0.2, -0.15) is 4.39 Å². The predicted molar refractivity (Wildman–Crippen MR) is 73.4 cm³/mol. The van der Waals surface area contributed by atoms with Gasteiger partial charge in [-0.25, -0.2) is 4.39 Å². The highest BCUT2D eigenvalue weighted by atomic mass is 19.1. The third-order valence-corrected chi connectivity index (χ3v) is 2.64. The SMILES string of the molecule is O=[N+]([O-])c1c(F)cc(F)cc1NCCOc1ccccc1. The number of benzene rings is 2. The third-order valence-electron chi connectivity index (χ3n) is 2.64. The summed E-state index contributed by atoms with van der Waals surface area (Å²) in [5, 5.41) is 13.4. The highest BCUT2D eigenvalue weighted by Crippen LogP contribution is 2.28. The van der Waals surface area contributed by atoms with Crippen LogP contribution in [0.2, 0.25) is 0 Å². The summed E-state index contributed by atoms with van der Waals surface area (Å²) in [7, 11) is 0. The molecule has 0 aliphatic rings. The van der Waals surface area contributed by atoms with E-state index in [9.17, 15) is 18.9 Å². The summed E-state index contributed by atoms with van der Waals surface area (Å²) in [6.45, 7) is 0.359. The van der Waals surface area contributed by atoms with Crippen LogP contribution in [0.3, 0.4) is 0 Å². The molecular formula is C14H12F2N2O3. The number of hydrogen-bond donors (Lipinski definition) is 1. The second-order valence-electron chi connectivity index (χ2n) is 4.13. The summed E-state index contributed by atoms with van der Waals surface area (Å²) < 4.78 is 31.9. The average molecular weight is 294 g/mol. The van der Waals surface area contributed by atoms with Crippen molar-refractivity contribution in [2.75, 3.05) is 18.5 Å². The molecule has 0 saturated carbocycles. The normalized spacial score (nSPS) is 10.2. The fourth-order valence-electron chi connectivity index (χ4n) is 1.76. The van der Waals surface area contributed by atoms with Crippen molar-refractivity contribution in [1.82, 2.24) is 0 Å². The van der Waals surface area contributed by atoms with Crippen molar-refractivity contribution in [3.63, 3.8) is 0 Å². The minimum atomic E-state index is -1.22. The lowest BCUT2D eigenvalue weighted by Gasteiger charge is -2.09. The number of para-hydroxylation sites is 1. The molecule has 5 nitrogen and oxygen atoms in total. The van der Waals surface area contributed by atoms with Crippen LogP contribution in [0.1, 0.15) is 0 Å². The Morgan fingerprint density at radius 2 is 1.90 bits per heavy atom. The summed E-state index contributed by atoms with van der Waals surface area (Å²) >= 11 is 0. The Hall–Kier alpha value is -2.70. The number of nitro benzene ring substituents is 1. The first-order valence-corrected chi connectivity index (χ1v) is 6.13. The van der Waals surface area contributed by atoms with E-state index >= 15 is 0 Å². The van der Waals surface area contributed by atoms with Gasteiger partial charge in [0.2, 0.25) is 5.82 Å². The molecule has 1 N–H and O–H groups in total. The van der Waals surface area contributed by atoms with Crippen molar-refractivity contribution in [2.24, 2.45) is 0 Å². The summed E-state index contributed by atoms with van der Waals surface area (Å²) in [6, 6.07) is 10.3. The van der Waals surface area contributed by atoms with Crippen molar-refractivity contribution in [1.29, 1.82) is 0 Å². The molecule has 0 spiro atoms. The van der Waals surface area contributed by atoms with Gasteiger partial charge in [-0.3, -0.25) is 10.1 Å². The molecule has 0 aromatic heterocycles. The number of halogens is 2. The van der Waals surface area contributed by atoms with Crippen LogP contribution in [0.25, 0.3) is 0 Å². The molecule has 21 heavy (non-hydrogen) atoms. The van der Waals surface area contributed by atoms with E-state index in [0.717, 1.165) is 6.07 Å². The van der Waals surface area contributed by atoms with Crippen LogP contribution >= 0.6 is 0 Å². The molecule has 0 radical (unpaired) electrons. The Kier molecular flexibility index (Phi) is 4.65. The quantitative estimate of drug-likeness (QED) is 0.504. The molecule has 0 atom stereocenters. The van der Waals surface area contributed by atoms with Crippen LogP contribution in [0, 0.1) is 21.7 Å². The summed E-state index contributed by atoms with van der Waals surface area (Å²) in [5.74, 6) is -1.46. The molecule has 0 amide bonds. The summed E-state index contributed by atoms with van der Waals surface area (Å²) in [4.78, 5) is 9.89. The Bertz CT molecular complexity index is 636. The molecule has 0 aliphatic carbocycles. The van der Waals surface area contributed by atoms with Crippen molar-refractivity contribution in [2.45, 2.75) is 0 Å².